The number of rotatable bonds is 4. The van der Waals surface area contributed by atoms with E-state index < -0.39 is 17.5 Å². The topological polar surface area (TPSA) is 88.3 Å². The summed E-state index contributed by atoms with van der Waals surface area (Å²) in [6.07, 6.45) is 0. The molecule has 0 aliphatic carbocycles. The first-order valence-electron chi connectivity index (χ1n) is 8.46. The quantitative estimate of drug-likeness (QED) is 0.583. The summed E-state index contributed by atoms with van der Waals surface area (Å²) in [5, 5.41) is 7.74. The van der Waals surface area contributed by atoms with Gasteiger partial charge in [0.1, 0.15) is 12.1 Å². The third kappa shape index (κ3) is 3.57. The van der Waals surface area contributed by atoms with Crippen molar-refractivity contribution in [1.29, 1.82) is 0 Å². The average Bonchev–Trinajstić information content (AvgIpc) is 3.23. The first-order valence-corrected chi connectivity index (χ1v) is 9.59. The predicted molar refractivity (Wildman–Crippen MR) is 108 cm³/mol. The number of amides is 3. The summed E-state index contributed by atoms with van der Waals surface area (Å²) in [5.41, 5.74) is -0.121. The van der Waals surface area contributed by atoms with E-state index in [9.17, 15) is 9.59 Å². The Kier molecular flexibility index (Phi) is 4.98. The fraction of sp³-hybridized carbons (Fsp3) is 0.158. The molecule has 1 aromatic heterocycles. The van der Waals surface area contributed by atoms with Crippen LogP contribution in [0.5, 0.6) is 0 Å². The summed E-state index contributed by atoms with van der Waals surface area (Å²) < 4.78 is 5.21. The number of hydrogen-bond acceptors (Lipinski definition) is 5. The Morgan fingerprint density at radius 2 is 1.90 bits per heavy atom. The molecule has 0 bridgehead atoms. The van der Waals surface area contributed by atoms with Crippen molar-refractivity contribution < 1.29 is 14.1 Å². The number of carbonyl (C=O) groups is 2. The standard InChI is InChI=1S/C19H13Cl3N4O3/c1-19(11-5-6-13(21)14(22)8-11)17(27)26(18(28)24-19)9-15-23-16(25-29-15)10-3-2-4-12(20)7-10/h2-8H,9H2,1H3,(H,24,28). The molecule has 1 unspecified atom stereocenters. The van der Waals surface area contributed by atoms with Gasteiger partial charge in [-0.25, -0.2) is 4.79 Å². The van der Waals surface area contributed by atoms with Crippen LogP contribution < -0.4 is 5.32 Å². The number of benzene rings is 2. The summed E-state index contributed by atoms with van der Waals surface area (Å²) in [5.74, 6) is -0.0490. The van der Waals surface area contributed by atoms with E-state index in [-0.39, 0.29) is 17.5 Å². The minimum absolute atomic E-state index is 0.113. The Balaban J connectivity index is 1.58. The van der Waals surface area contributed by atoms with Crippen molar-refractivity contribution in [3.8, 4) is 11.4 Å². The number of carbonyl (C=O) groups excluding carboxylic acids is 2. The SMILES string of the molecule is CC1(c2ccc(Cl)c(Cl)c2)NC(=O)N(Cc2nc(-c3cccc(Cl)c3)no2)C1=O. The van der Waals surface area contributed by atoms with Gasteiger partial charge in [-0.3, -0.25) is 9.69 Å². The van der Waals surface area contributed by atoms with Gasteiger partial charge in [-0.15, -0.1) is 0 Å². The maximum atomic E-state index is 13.0. The Bertz CT molecular complexity index is 1130. The minimum Gasteiger partial charge on any atom is -0.337 e. The molecule has 2 aromatic carbocycles. The number of halogens is 3. The lowest BCUT2D eigenvalue weighted by Gasteiger charge is -2.22. The second-order valence-electron chi connectivity index (χ2n) is 6.60. The van der Waals surface area contributed by atoms with Crippen molar-refractivity contribution in [3.05, 3.63) is 69.0 Å². The van der Waals surface area contributed by atoms with Gasteiger partial charge in [0.05, 0.1) is 10.0 Å². The highest BCUT2D eigenvalue weighted by atomic mass is 35.5. The maximum absolute atomic E-state index is 13.0. The molecule has 1 atom stereocenters. The monoisotopic (exact) mass is 450 g/mol. The van der Waals surface area contributed by atoms with Crippen molar-refractivity contribution in [2.75, 3.05) is 0 Å². The van der Waals surface area contributed by atoms with E-state index in [1.54, 1.807) is 49.4 Å². The van der Waals surface area contributed by atoms with E-state index >= 15 is 0 Å². The zero-order chi connectivity index (χ0) is 20.8. The molecular formula is C19H13Cl3N4O3. The maximum Gasteiger partial charge on any atom is 0.325 e. The smallest absolute Gasteiger partial charge is 0.325 e. The highest BCUT2D eigenvalue weighted by Gasteiger charge is 2.49. The van der Waals surface area contributed by atoms with Crippen molar-refractivity contribution in [2.45, 2.75) is 19.0 Å². The minimum atomic E-state index is -1.29. The molecule has 2 heterocycles. The molecule has 0 saturated carbocycles. The fourth-order valence-electron chi connectivity index (χ4n) is 3.04. The van der Waals surface area contributed by atoms with Crippen LogP contribution >= 0.6 is 34.8 Å². The first kappa shape index (κ1) is 19.7. The molecule has 4 rings (SSSR count). The van der Waals surface area contributed by atoms with Gasteiger partial charge in [-0.2, -0.15) is 4.98 Å². The van der Waals surface area contributed by atoms with Gasteiger partial charge in [0.25, 0.3) is 5.91 Å². The van der Waals surface area contributed by atoms with Crippen LogP contribution in [0.4, 0.5) is 4.79 Å². The van der Waals surface area contributed by atoms with Gasteiger partial charge in [-0.05, 0) is 36.8 Å². The van der Waals surface area contributed by atoms with Crippen molar-refractivity contribution in [1.82, 2.24) is 20.4 Å². The van der Waals surface area contributed by atoms with Crippen LogP contribution in [0.2, 0.25) is 15.1 Å². The molecule has 3 amide bonds. The Hall–Kier alpha value is -2.61. The molecule has 1 N–H and O–H groups in total. The molecule has 1 saturated heterocycles. The van der Waals surface area contributed by atoms with Gasteiger partial charge in [0.2, 0.25) is 11.7 Å². The van der Waals surface area contributed by atoms with E-state index in [2.05, 4.69) is 15.5 Å². The predicted octanol–water partition coefficient (Wildman–Crippen LogP) is 4.66. The first-order chi connectivity index (χ1) is 13.8. The normalized spacial score (nSPS) is 19.0. The molecule has 1 aliphatic rings. The second kappa shape index (κ2) is 7.33. The zero-order valence-electron chi connectivity index (χ0n) is 14.9. The number of nitrogens with one attached hydrogen (secondary N) is 1. The molecule has 148 valence electrons. The third-order valence-corrected chi connectivity index (χ3v) is 5.59. The summed E-state index contributed by atoms with van der Waals surface area (Å²) in [7, 11) is 0. The molecule has 1 fully saturated rings. The summed E-state index contributed by atoms with van der Waals surface area (Å²) >= 11 is 18.0. The molecule has 10 heteroatoms. The fourth-order valence-corrected chi connectivity index (χ4v) is 3.53. The summed E-state index contributed by atoms with van der Waals surface area (Å²) in [6.45, 7) is 1.42. The largest absolute Gasteiger partial charge is 0.337 e. The summed E-state index contributed by atoms with van der Waals surface area (Å²) in [4.78, 5) is 30.8. The molecule has 29 heavy (non-hydrogen) atoms. The van der Waals surface area contributed by atoms with Gasteiger partial charge in [0, 0.05) is 10.6 Å². The van der Waals surface area contributed by atoms with E-state index in [0.29, 0.717) is 27.0 Å². The Morgan fingerprint density at radius 3 is 2.62 bits per heavy atom. The second-order valence-corrected chi connectivity index (χ2v) is 7.85. The van der Waals surface area contributed by atoms with E-state index in [1.165, 1.54) is 0 Å². The number of nitrogens with zero attached hydrogens (tertiary/aromatic N) is 3. The highest BCUT2D eigenvalue weighted by molar-refractivity contribution is 6.42. The number of aromatic nitrogens is 2. The highest BCUT2D eigenvalue weighted by Crippen LogP contribution is 2.33. The van der Waals surface area contributed by atoms with Crippen molar-refractivity contribution in [2.24, 2.45) is 0 Å². The Morgan fingerprint density at radius 1 is 1.10 bits per heavy atom. The van der Waals surface area contributed by atoms with Crippen molar-refractivity contribution in [3.63, 3.8) is 0 Å². The van der Waals surface area contributed by atoms with Crippen LogP contribution in [-0.2, 0) is 16.9 Å². The van der Waals surface area contributed by atoms with Gasteiger partial charge in [-0.1, -0.05) is 58.2 Å². The lowest BCUT2D eigenvalue weighted by atomic mass is 9.92. The van der Waals surface area contributed by atoms with Gasteiger partial charge >= 0.3 is 6.03 Å². The average molecular weight is 452 g/mol. The van der Waals surface area contributed by atoms with Crippen LogP contribution in [0.3, 0.4) is 0 Å². The molecule has 0 radical (unpaired) electrons. The molecular weight excluding hydrogens is 439 g/mol. The lowest BCUT2D eigenvalue weighted by molar-refractivity contribution is -0.131. The van der Waals surface area contributed by atoms with Crippen molar-refractivity contribution >= 4 is 46.7 Å². The van der Waals surface area contributed by atoms with E-state index in [1.807, 2.05) is 0 Å². The van der Waals surface area contributed by atoms with Crippen LogP contribution in [0.25, 0.3) is 11.4 Å². The van der Waals surface area contributed by atoms with Gasteiger partial charge < -0.3 is 9.84 Å². The zero-order valence-corrected chi connectivity index (χ0v) is 17.2. The molecule has 0 spiro atoms. The van der Waals surface area contributed by atoms with Crippen LogP contribution in [0.1, 0.15) is 18.4 Å². The van der Waals surface area contributed by atoms with Crippen LogP contribution in [-0.4, -0.2) is 27.0 Å². The number of imide groups is 1. The molecule has 7 nitrogen and oxygen atoms in total. The van der Waals surface area contributed by atoms with Crippen LogP contribution in [0.15, 0.2) is 47.0 Å². The Labute approximate surface area is 180 Å². The lowest BCUT2D eigenvalue weighted by Crippen LogP contribution is -2.40. The number of urea groups is 1. The summed E-state index contributed by atoms with van der Waals surface area (Å²) in [6, 6.07) is 11.1. The molecule has 1 aliphatic heterocycles. The molecule has 3 aromatic rings. The van der Waals surface area contributed by atoms with E-state index in [4.69, 9.17) is 39.3 Å². The van der Waals surface area contributed by atoms with Gasteiger partial charge in [0.15, 0.2) is 0 Å². The number of hydrogen-bond donors (Lipinski definition) is 1. The van der Waals surface area contributed by atoms with E-state index in [0.717, 1.165) is 4.90 Å². The third-order valence-electron chi connectivity index (χ3n) is 4.62. The van der Waals surface area contributed by atoms with Crippen LogP contribution in [0, 0.1) is 0 Å².